The number of rotatable bonds is 3. The van der Waals surface area contributed by atoms with Crippen molar-refractivity contribution in [3.8, 4) is 5.75 Å². The number of methoxy groups -OCH3 is 1. The molecule has 1 fully saturated rings. The maximum atomic E-state index is 12.1. The summed E-state index contributed by atoms with van der Waals surface area (Å²) in [6.45, 7) is -0.455. The molecule has 1 aromatic rings. The van der Waals surface area contributed by atoms with Gasteiger partial charge in [0.05, 0.1) is 17.0 Å². The third-order valence-electron chi connectivity index (χ3n) is 2.73. The number of amides is 2. The van der Waals surface area contributed by atoms with E-state index in [2.05, 4.69) is 20.7 Å². The lowest BCUT2D eigenvalue weighted by Gasteiger charge is -2.09. The number of phenols is 1. The molecule has 0 radical (unpaired) electrons. The van der Waals surface area contributed by atoms with Crippen LogP contribution in [0.5, 0.6) is 5.75 Å². The fourth-order valence-corrected chi connectivity index (χ4v) is 3.33. The number of hydrogen-bond donors (Lipinski definition) is 1. The monoisotopic (exact) mass is 405 g/mol. The number of carbonyl (C=O) groups excluding carboxylic acids is 3. The first-order valence-electron chi connectivity index (χ1n) is 5.83. The normalized spacial score (nSPS) is 16.5. The quantitative estimate of drug-likeness (QED) is 0.613. The lowest BCUT2D eigenvalue weighted by Crippen LogP contribution is -2.34. The lowest BCUT2D eigenvalue weighted by molar-refractivity contribution is -0.143. The minimum absolute atomic E-state index is 0.0818. The van der Waals surface area contributed by atoms with Gasteiger partial charge < -0.3 is 9.84 Å². The Labute approximate surface area is 143 Å². The van der Waals surface area contributed by atoms with Crippen LogP contribution in [-0.4, -0.2) is 40.8 Å². The molecule has 0 spiro atoms. The topological polar surface area (TPSA) is 83.9 Å². The first kappa shape index (κ1) is 16.9. The molecule has 0 bridgehead atoms. The smallest absolute Gasteiger partial charge is 0.325 e. The van der Waals surface area contributed by atoms with Crippen molar-refractivity contribution in [2.75, 3.05) is 13.7 Å². The minimum atomic E-state index is -0.697. The van der Waals surface area contributed by atoms with Crippen LogP contribution in [0.3, 0.4) is 0 Å². The molecule has 1 aliphatic heterocycles. The van der Waals surface area contributed by atoms with Gasteiger partial charge in [-0.1, -0.05) is 27.5 Å². The second-order valence-electron chi connectivity index (χ2n) is 4.17. The summed E-state index contributed by atoms with van der Waals surface area (Å²) in [5, 5.41) is 9.42. The van der Waals surface area contributed by atoms with Crippen LogP contribution in [0.25, 0.3) is 6.08 Å². The van der Waals surface area contributed by atoms with Gasteiger partial charge in [0.1, 0.15) is 12.3 Å². The molecular formula is C13H9BrClNO5S. The molecule has 0 saturated carbocycles. The van der Waals surface area contributed by atoms with E-state index in [1.807, 2.05) is 0 Å². The third kappa shape index (κ3) is 3.45. The van der Waals surface area contributed by atoms with E-state index in [1.54, 1.807) is 6.07 Å². The molecule has 1 heterocycles. The van der Waals surface area contributed by atoms with Crippen molar-refractivity contribution in [3.05, 3.63) is 32.1 Å². The summed E-state index contributed by atoms with van der Waals surface area (Å²) in [6, 6.07) is 3.05. The molecule has 1 aromatic carbocycles. The molecule has 0 atom stereocenters. The van der Waals surface area contributed by atoms with Crippen molar-refractivity contribution >= 4 is 62.5 Å². The molecule has 0 aromatic heterocycles. The molecule has 1 N–H and O–H groups in total. The second kappa shape index (κ2) is 6.72. The van der Waals surface area contributed by atoms with Crippen LogP contribution in [0.2, 0.25) is 5.02 Å². The molecule has 6 nitrogen and oxygen atoms in total. The van der Waals surface area contributed by atoms with Gasteiger partial charge >= 0.3 is 5.97 Å². The van der Waals surface area contributed by atoms with Crippen molar-refractivity contribution in [1.29, 1.82) is 0 Å². The number of benzene rings is 1. The Morgan fingerprint density at radius 1 is 1.50 bits per heavy atom. The zero-order valence-corrected chi connectivity index (χ0v) is 14.3. The van der Waals surface area contributed by atoms with E-state index in [-0.39, 0.29) is 21.2 Å². The van der Waals surface area contributed by atoms with Crippen molar-refractivity contribution in [1.82, 2.24) is 4.90 Å². The number of ether oxygens (including phenoxy) is 1. The summed E-state index contributed by atoms with van der Waals surface area (Å²) in [5.41, 5.74) is 0.281. The molecule has 2 amide bonds. The van der Waals surface area contributed by atoms with E-state index in [9.17, 15) is 19.5 Å². The molecule has 22 heavy (non-hydrogen) atoms. The number of hydrogen-bond acceptors (Lipinski definition) is 6. The zero-order chi connectivity index (χ0) is 16.4. The maximum absolute atomic E-state index is 12.1. The Bertz CT molecular complexity index is 706. The number of thioether (sulfide) groups is 1. The first-order valence-corrected chi connectivity index (χ1v) is 7.82. The largest absolute Gasteiger partial charge is 0.506 e. The Kier molecular flexibility index (Phi) is 5.15. The van der Waals surface area contributed by atoms with E-state index in [0.29, 0.717) is 16.2 Å². The van der Waals surface area contributed by atoms with Gasteiger partial charge in [0.15, 0.2) is 0 Å². The highest BCUT2D eigenvalue weighted by Crippen LogP contribution is 2.37. The minimum Gasteiger partial charge on any atom is -0.506 e. The summed E-state index contributed by atoms with van der Waals surface area (Å²) in [7, 11) is 1.17. The molecule has 9 heteroatoms. The van der Waals surface area contributed by atoms with Gasteiger partial charge in [-0.25, -0.2) is 0 Å². The van der Waals surface area contributed by atoms with Crippen molar-refractivity contribution in [2.24, 2.45) is 0 Å². The summed E-state index contributed by atoms with van der Waals surface area (Å²) >= 11 is 9.74. The number of halogens is 2. The highest BCUT2D eigenvalue weighted by molar-refractivity contribution is 9.10. The van der Waals surface area contributed by atoms with Crippen LogP contribution in [-0.2, 0) is 14.3 Å². The molecule has 116 valence electrons. The Balaban J connectivity index is 2.33. The zero-order valence-electron chi connectivity index (χ0n) is 11.1. The SMILES string of the molecule is COC(=O)CN1C(=O)SC(=Cc2cc(Br)cc(Cl)c2O)C1=O. The fraction of sp³-hybridized carbons (Fsp3) is 0.154. The van der Waals surface area contributed by atoms with Crippen LogP contribution >= 0.6 is 39.3 Å². The molecule has 0 aliphatic carbocycles. The summed E-state index contributed by atoms with van der Waals surface area (Å²) in [6.07, 6.45) is 1.34. The molecule has 2 rings (SSSR count). The van der Waals surface area contributed by atoms with Gasteiger partial charge in [-0.2, -0.15) is 0 Å². The standard InChI is InChI=1S/C13H9BrClNO5S/c1-21-10(17)5-16-12(19)9(22-13(16)20)3-6-2-7(14)4-8(15)11(6)18/h2-4,18H,5H2,1H3. The molecule has 1 saturated heterocycles. The van der Waals surface area contributed by atoms with E-state index in [1.165, 1.54) is 19.3 Å². The number of carbonyl (C=O) groups is 3. The van der Waals surface area contributed by atoms with Crippen LogP contribution in [0.4, 0.5) is 4.79 Å². The maximum Gasteiger partial charge on any atom is 0.325 e. The second-order valence-corrected chi connectivity index (χ2v) is 6.49. The van der Waals surface area contributed by atoms with Crippen molar-refractivity contribution in [3.63, 3.8) is 0 Å². The average molecular weight is 407 g/mol. The molecule has 0 unspecified atom stereocenters. The average Bonchev–Trinajstić information content (AvgIpc) is 2.71. The van der Waals surface area contributed by atoms with Gasteiger partial charge in [-0.15, -0.1) is 0 Å². The van der Waals surface area contributed by atoms with Crippen LogP contribution < -0.4 is 0 Å². The van der Waals surface area contributed by atoms with Gasteiger partial charge in [0, 0.05) is 10.0 Å². The summed E-state index contributed by atoms with van der Waals surface area (Å²) < 4.78 is 5.04. The predicted octanol–water partition coefficient (Wildman–Crippen LogP) is 3.02. The fourth-order valence-electron chi connectivity index (χ4n) is 1.67. The highest BCUT2D eigenvalue weighted by atomic mass is 79.9. The van der Waals surface area contributed by atoms with E-state index in [4.69, 9.17) is 11.6 Å². The van der Waals surface area contributed by atoms with E-state index in [0.717, 1.165) is 4.90 Å². The third-order valence-corrected chi connectivity index (χ3v) is 4.39. The molecular weight excluding hydrogens is 398 g/mol. The number of aromatic hydroxyl groups is 1. The first-order chi connectivity index (χ1) is 10.3. The van der Waals surface area contributed by atoms with Crippen molar-refractivity contribution in [2.45, 2.75) is 0 Å². The van der Waals surface area contributed by atoms with Gasteiger partial charge in [-0.3, -0.25) is 19.3 Å². The predicted molar refractivity (Wildman–Crippen MR) is 85.5 cm³/mol. The number of nitrogens with zero attached hydrogens (tertiary/aromatic N) is 1. The summed E-state index contributed by atoms with van der Waals surface area (Å²) in [4.78, 5) is 36.0. The highest BCUT2D eigenvalue weighted by Gasteiger charge is 2.36. The van der Waals surface area contributed by atoms with E-state index < -0.39 is 23.7 Å². The van der Waals surface area contributed by atoms with Crippen LogP contribution in [0.15, 0.2) is 21.5 Å². The van der Waals surface area contributed by atoms with Gasteiger partial charge in [0.25, 0.3) is 11.1 Å². The van der Waals surface area contributed by atoms with Crippen LogP contribution in [0.1, 0.15) is 5.56 Å². The van der Waals surface area contributed by atoms with E-state index >= 15 is 0 Å². The number of esters is 1. The van der Waals surface area contributed by atoms with Crippen LogP contribution in [0, 0.1) is 0 Å². The molecule has 1 aliphatic rings. The van der Waals surface area contributed by atoms with Gasteiger partial charge in [0.2, 0.25) is 0 Å². The van der Waals surface area contributed by atoms with Crippen molar-refractivity contribution < 1.29 is 24.2 Å². The number of phenolic OH excluding ortho intramolecular Hbond substituents is 1. The van der Waals surface area contributed by atoms with Gasteiger partial charge in [-0.05, 0) is 30.0 Å². The number of imide groups is 1. The Hall–Kier alpha value is -1.51. The summed E-state index contributed by atoms with van der Waals surface area (Å²) in [5.74, 6) is -1.53. The lowest BCUT2D eigenvalue weighted by atomic mass is 10.2. The Morgan fingerprint density at radius 3 is 2.82 bits per heavy atom. The Morgan fingerprint density at radius 2 is 2.18 bits per heavy atom.